The standard InChI is InChI=1S/C15H28N2O2/c1-12(2)3-4-13-5-8-17(9-6-13)15(18)14-11-19-10-7-16-14/h12-14,16H,3-11H2,1-2H3. The van der Waals surface area contributed by atoms with Crippen LogP contribution in [0.1, 0.15) is 39.5 Å². The molecule has 1 amide bonds. The van der Waals surface area contributed by atoms with Crippen molar-refractivity contribution in [2.24, 2.45) is 11.8 Å². The Morgan fingerprint density at radius 3 is 2.68 bits per heavy atom. The number of nitrogens with zero attached hydrogens (tertiary/aromatic N) is 1. The maximum absolute atomic E-state index is 12.3. The van der Waals surface area contributed by atoms with Crippen molar-refractivity contribution in [3.8, 4) is 0 Å². The zero-order valence-electron chi connectivity index (χ0n) is 12.4. The van der Waals surface area contributed by atoms with E-state index in [0.29, 0.717) is 6.61 Å². The Morgan fingerprint density at radius 2 is 2.11 bits per heavy atom. The van der Waals surface area contributed by atoms with Gasteiger partial charge in [-0.2, -0.15) is 0 Å². The number of carbonyl (C=O) groups is 1. The van der Waals surface area contributed by atoms with Crippen LogP contribution in [0.15, 0.2) is 0 Å². The number of hydrogen-bond donors (Lipinski definition) is 1. The number of amides is 1. The van der Waals surface area contributed by atoms with Gasteiger partial charge in [0.25, 0.3) is 0 Å². The predicted molar refractivity (Wildman–Crippen MR) is 76.0 cm³/mol. The molecule has 1 N–H and O–H groups in total. The third-order valence-corrected chi connectivity index (χ3v) is 4.30. The fourth-order valence-electron chi connectivity index (χ4n) is 2.96. The number of morpholine rings is 1. The minimum absolute atomic E-state index is 0.110. The third-order valence-electron chi connectivity index (χ3n) is 4.30. The van der Waals surface area contributed by atoms with Gasteiger partial charge in [0, 0.05) is 19.6 Å². The van der Waals surface area contributed by atoms with E-state index in [1.807, 2.05) is 4.90 Å². The van der Waals surface area contributed by atoms with Crippen LogP contribution in [0.4, 0.5) is 0 Å². The van der Waals surface area contributed by atoms with Gasteiger partial charge in [-0.3, -0.25) is 4.79 Å². The summed E-state index contributed by atoms with van der Waals surface area (Å²) >= 11 is 0. The van der Waals surface area contributed by atoms with Gasteiger partial charge in [-0.15, -0.1) is 0 Å². The largest absolute Gasteiger partial charge is 0.378 e. The second-order valence-corrected chi connectivity index (χ2v) is 6.32. The van der Waals surface area contributed by atoms with Crippen LogP contribution in [0.25, 0.3) is 0 Å². The highest BCUT2D eigenvalue weighted by Gasteiger charge is 2.29. The van der Waals surface area contributed by atoms with Crippen LogP contribution in [0, 0.1) is 11.8 Å². The van der Waals surface area contributed by atoms with E-state index in [0.717, 1.165) is 38.1 Å². The van der Waals surface area contributed by atoms with Gasteiger partial charge in [-0.05, 0) is 24.7 Å². The first-order valence-electron chi connectivity index (χ1n) is 7.76. The van der Waals surface area contributed by atoms with E-state index in [2.05, 4.69) is 19.2 Å². The summed E-state index contributed by atoms with van der Waals surface area (Å²) < 4.78 is 5.37. The van der Waals surface area contributed by atoms with E-state index in [-0.39, 0.29) is 11.9 Å². The Hall–Kier alpha value is -0.610. The molecular weight excluding hydrogens is 240 g/mol. The predicted octanol–water partition coefficient (Wildman–Crippen LogP) is 1.65. The van der Waals surface area contributed by atoms with Crippen molar-refractivity contribution in [1.29, 1.82) is 0 Å². The minimum Gasteiger partial charge on any atom is -0.378 e. The second kappa shape index (κ2) is 7.25. The number of hydrogen-bond acceptors (Lipinski definition) is 3. The third kappa shape index (κ3) is 4.46. The maximum atomic E-state index is 12.3. The van der Waals surface area contributed by atoms with Gasteiger partial charge >= 0.3 is 0 Å². The molecule has 19 heavy (non-hydrogen) atoms. The molecule has 0 aromatic carbocycles. The highest BCUT2D eigenvalue weighted by molar-refractivity contribution is 5.82. The first-order valence-corrected chi connectivity index (χ1v) is 7.76. The Labute approximate surface area is 116 Å². The van der Waals surface area contributed by atoms with Crippen molar-refractivity contribution in [3.63, 3.8) is 0 Å². The molecule has 2 aliphatic heterocycles. The van der Waals surface area contributed by atoms with Gasteiger partial charge in [0.1, 0.15) is 6.04 Å². The summed E-state index contributed by atoms with van der Waals surface area (Å²) in [6.07, 6.45) is 4.99. The molecule has 2 heterocycles. The van der Waals surface area contributed by atoms with E-state index in [1.54, 1.807) is 0 Å². The molecule has 4 nitrogen and oxygen atoms in total. The van der Waals surface area contributed by atoms with Gasteiger partial charge in [-0.1, -0.05) is 26.7 Å². The maximum Gasteiger partial charge on any atom is 0.242 e. The van der Waals surface area contributed by atoms with Crippen LogP contribution in [0.3, 0.4) is 0 Å². The Balaban J connectivity index is 1.71. The molecule has 1 unspecified atom stereocenters. The molecule has 0 aliphatic carbocycles. The summed E-state index contributed by atoms with van der Waals surface area (Å²) in [5.74, 6) is 1.85. The Morgan fingerprint density at radius 1 is 1.37 bits per heavy atom. The van der Waals surface area contributed by atoms with Gasteiger partial charge in [0.15, 0.2) is 0 Å². The molecule has 2 saturated heterocycles. The molecule has 2 rings (SSSR count). The van der Waals surface area contributed by atoms with E-state index in [9.17, 15) is 4.79 Å². The minimum atomic E-state index is -0.110. The number of carbonyl (C=O) groups excluding carboxylic acids is 1. The Kier molecular flexibility index (Phi) is 5.64. The quantitative estimate of drug-likeness (QED) is 0.843. The molecular formula is C15H28N2O2. The molecule has 0 saturated carbocycles. The summed E-state index contributed by atoms with van der Waals surface area (Å²) in [7, 11) is 0. The lowest BCUT2D eigenvalue weighted by molar-refractivity contribution is -0.137. The molecule has 0 bridgehead atoms. The van der Waals surface area contributed by atoms with Gasteiger partial charge < -0.3 is 15.0 Å². The fourth-order valence-corrected chi connectivity index (χ4v) is 2.96. The van der Waals surface area contributed by atoms with Crippen molar-refractivity contribution in [2.75, 3.05) is 32.8 Å². The highest BCUT2D eigenvalue weighted by atomic mass is 16.5. The molecule has 0 aromatic heterocycles. The number of rotatable bonds is 4. The van der Waals surface area contributed by atoms with Crippen molar-refractivity contribution in [1.82, 2.24) is 10.2 Å². The van der Waals surface area contributed by atoms with Crippen LogP contribution in [-0.4, -0.2) is 49.7 Å². The van der Waals surface area contributed by atoms with Crippen LogP contribution < -0.4 is 5.32 Å². The van der Waals surface area contributed by atoms with Gasteiger partial charge in [0.2, 0.25) is 5.91 Å². The normalized spacial score (nSPS) is 25.8. The van der Waals surface area contributed by atoms with Crippen LogP contribution in [-0.2, 0) is 9.53 Å². The van der Waals surface area contributed by atoms with Crippen molar-refractivity contribution in [2.45, 2.75) is 45.6 Å². The molecule has 2 fully saturated rings. The molecule has 2 aliphatic rings. The van der Waals surface area contributed by atoms with Gasteiger partial charge in [0.05, 0.1) is 13.2 Å². The van der Waals surface area contributed by atoms with Crippen molar-refractivity contribution in [3.05, 3.63) is 0 Å². The van der Waals surface area contributed by atoms with E-state index < -0.39 is 0 Å². The SMILES string of the molecule is CC(C)CCC1CCN(C(=O)C2COCCN2)CC1. The first-order chi connectivity index (χ1) is 9.16. The topological polar surface area (TPSA) is 41.6 Å². The van der Waals surface area contributed by atoms with E-state index >= 15 is 0 Å². The van der Waals surface area contributed by atoms with Crippen LogP contribution >= 0.6 is 0 Å². The molecule has 0 radical (unpaired) electrons. The molecule has 1 atom stereocenters. The second-order valence-electron chi connectivity index (χ2n) is 6.32. The number of nitrogens with one attached hydrogen (secondary N) is 1. The average Bonchev–Trinajstić information content (AvgIpc) is 2.46. The molecule has 0 aromatic rings. The summed E-state index contributed by atoms with van der Waals surface area (Å²) in [4.78, 5) is 14.3. The van der Waals surface area contributed by atoms with Crippen molar-refractivity contribution >= 4 is 5.91 Å². The van der Waals surface area contributed by atoms with Crippen LogP contribution in [0.2, 0.25) is 0 Å². The highest BCUT2D eigenvalue weighted by Crippen LogP contribution is 2.24. The lowest BCUT2D eigenvalue weighted by atomic mass is 9.89. The lowest BCUT2D eigenvalue weighted by Crippen LogP contribution is -2.54. The summed E-state index contributed by atoms with van der Waals surface area (Å²) in [6.45, 7) is 8.48. The smallest absolute Gasteiger partial charge is 0.242 e. The molecule has 0 spiro atoms. The zero-order valence-corrected chi connectivity index (χ0v) is 12.4. The monoisotopic (exact) mass is 268 g/mol. The van der Waals surface area contributed by atoms with E-state index in [4.69, 9.17) is 4.74 Å². The molecule has 110 valence electrons. The summed E-state index contributed by atoms with van der Waals surface area (Å²) in [5, 5.41) is 3.25. The Bertz CT molecular complexity index is 280. The number of likely N-dealkylation sites (tertiary alicyclic amines) is 1. The summed E-state index contributed by atoms with van der Waals surface area (Å²) in [6, 6.07) is -0.110. The fraction of sp³-hybridized carbons (Fsp3) is 0.933. The van der Waals surface area contributed by atoms with Crippen molar-refractivity contribution < 1.29 is 9.53 Å². The molecule has 4 heteroatoms. The first kappa shape index (κ1) is 14.8. The lowest BCUT2D eigenvalue weighted by Gasteiger charge is -2.35. The number of piperidine rings is 1. The summed E-state index contributed by atoms with van der Waals surface area (Å²) in [5.41, 5.74) is 0. The van der Waals surface area contributed by atoms with E-state index in [1.165, 1.54) is 25.7 Å². The average molecular weight is 268 g/mol. The van der Waals surface area contributed by atoms with Gasteiger partial charge in [-0.25, -0.2) is 0 Å². The number of ether oxygens (including phenoxy) is 1. The van der Waals surface area contributed by atoms with Crippen LogP contribution in [0.5, 0.6) is 0 Å². The zero-order chi connectivity index (χ0) is 13.7.